The maximum absolute atomic E-state index is 14.6. The molecule has 0 spiro atoms. The van der Waals surface area contributed by atoms with Crippen LogP contribution in [0.25, 0.3) is 0 Å². The van der Waals surface area contributed by atoms with Crippen LogP contribution in [-0.2, 0) is 33.4 Å². The second kappa shape index (κ2) is 8.82. The standard InChI is InChI=1S/C22H15B3ClF2N3O4/c23-16-8-21(24,19(34)29-17(16)32)30-10-12-7-11(1-6-15(12)18(30)33)9-31(25)20(35)22(27,28)13-2-4-14(26)5-3-13/h1-7,16H,8-10H2,(H,29,32,34). The predicted molar refractivity (Wildman–Crippen MR) is 124 cm³/mol. The smallest absolute Gasteiger partial charge is 0.348 e. The van der Waals surface area contributed by atoms with Gasteiger partial charge >= 0.3 is 5.92 Å². The number of piperidine rings is 1. The molecule has 2 heterocycles. The second-order valence-corrected chi connectivity index (χ2v) is 8.89. The highest BCUT2D eigenvalue weighted by Crippen LogP contribution is 2.36. The van der Waals surface area contributed by atoms with E-state index < -0.39 is 46.4 Å². The number of amides is 4. The zero-order chi connectivity index (χ0) is 25.7. The lowest BCUT2D eigenvalue weighted by molar-refractivity contribution is -0.154. The van der Waals surface area contributed by atoms with Crippen molar-refractivity contribution in [2.45, 2.75) is 36.7 Å². The number of halogens is 3. The Kier molecular flexibility index (Phi) is 6.29. The first-order chi connectivity index (χ1) is 16.3. The molecule has 2 atom stereocenters. The highest BCUT2D eigenvalue weighted by Gasteiger charge is 2.49. The summed E-state index contributed by atoms with van der Waals surface area (Å²) in [4.78, 5) is 50.9. The van der Waals surface area contributed by atoms with Gasteiger partial charge in [0.05, 0.1) is 13.3 Å². The number of carbonyl (C=O) groups is 4. The van der Waals surface area contributed by atoms with Gasteiger partial charge < -0.3 is 9.71 Å². The Hall–Kier alpha value is -3.14. The first kappa shape index (κ1) is 25.0. The van der Waals surface area contributed by atoms with E-state index in [0.29, 0.717) is 15.9 Å². The minimum absolute atomic E-state index is 0.0910. The molecule has 2 aromatic carbocycles. The van der Waals surface area contributed by atoms with Crippen LogP contribution in [0.1, 0.15) is 33.5 Å². The number of carbonyl (C=O) groups excluding carboxylic acids is 4. The number of alkyl halides is 2. The van der Waals surface area contributed by atoms with Crippen LogP contribution < -0.4 is 5.32 Å². The van der Waals surface area contributed by atoms with Crippen LogP contribution >= 0.6 is 11.6 Å². The van der Waals surface area contributed by atoms with E-state index in [1.54, 1.807) is 0 Å². The van der Waals surface area contributed by atoms with Gasteiger partial charge in [-0.1, -0.05) is 35.9 Å². The molecule has 2 unspecified atom stereocenters. The van der Waals surface area contributed by atoms with E-state index in [9.17, 15) is 28.0 Å². The van der Waals surface area contributed by atoms with Crippen LogP contribution in [0.5, 0.6) is 0 Å². The molecule has 0 aliphatic carbocycles. The normalized spacial score (nSPS) is 22.1. The number of rotatable bonds is 5. The molecule has 0 bridgehead atoms. The van der Waals surface area contributed by atoms with Crippen LogP contribution in [0.15, 0.2) is 42.5 Å². The van der Waals surface area contributed by atoms with Crippen molar-refractivity contribution in [1.82, 2.24) is 15.0 Å². The molecule has 2 aromatic rings. The van der Waals surface area contributed by atoms with E-state index in [0.717, 1.165) is 17.0 Å². The van der Waals surface area contributed by atoms with Gasteiger partial charge in [0.15, 0.2) is 0 Å². The summed E-state index contributed by atoms with van der Waals surface area (Å²) in [5.74, 6) is -8.69. The zero-order valence-electron chi connectivity index (χ0n) is 18.1. The van der Waals surface area contributed by atoms with E-state index in [1.165, 1.54) is 30.3 Å². The maximum Gasteiger partial charge on any atom is 0.348 e. The van der Waals surface area contributed by atoms with E-state index >= 15 is 0 Å². The molecule has 35 heavy (non-hydrogen) atoms. The fourth-order valence-electron chi connectivity index (χ4n) is 4.09. The molecular formula is C22H15B3ClF2N3O4. The third-order valence-corrected chi connectivity index (χ3v) is 6.29. The van der Waals surface area contributed by atoms with Crippen LogP contribution in [-0.4, -0.2) is 62.5 Å². The van der Waals surface area contributed by atoms with Gasteiger partial charge in [-0.2, -0.15) is 8.78 Å². The summed E-state index contributed by atoms with van der Waals surface area (Å²) in [6, 6.07) is 8.94. The van der Waals surface area contributed by atoms with Crippen molar-refractivity contribution in [2.24, 2.45) is 0 Å². The molecule has 1 saturated heterocycles. The summed E-state index contributed by atoms with van der Waals surface area (Å²) >= 11 is 5.71. The predicted octanol–water partition coefficient (Wildman–Crippen LogP) is 1.37. The fraction of sp³-hybridized carbons (Fsp3) is 0.273. The Bertz CT molecular complexity index is 1250. The fourth-order valence-corrected chi connectivity index (χ4v) is 4.22. The van der Waals surface area contributed by atoms with Gasteiger partial charge in [0.25, 0.3) is 11.8 Å². The summed E-state index contributed by atoms with van der Waals surface area (Å²) in [6.07, 6.45) is -0.269. The molecule has 1 N–H and O–H groups in total. The molecule has 13 heteroatoms. The Morgan fingerprint density at radius 1 is 1.20 bits per heavy atom. The quantitative estimate of drug-likeness (QED) is 0.506. The minimum atomic E-state index is -3.89. The first-order valence-electron chi connectivity index (χ1n) is 10.4. The summed E-state index contributed by atoms with van der Waals surface area (Å²) in [5, 5.41) is 2.30. The van der Waals surface area contributed by atoms with Crippen molar-refractivity contribution in [3.05, 3.63) is 69.7 Å². The maximum atomic E-state index is 14.6. The second-order valence-electron chi connectivity index (χ2n) is 8.45. The average molecular weight is 491 g/mol. The van der Waals surface area contributed by atoms with E-state index in [1.807, 2.05) is 0 Å². The van der Waals surface area contributed by atoms with Crippen molar-refractivity contribution in [3.8, 4) is 0 Å². The van der Waals surface area contributed by atoms with E-state index in [4.69, 9.17) is 35.3 Å². The highest BCUT2D eigenvalue weighted by molar-refractivity contribution is 6.36. The van der Waals surface area contributed by atoms with Crippen molar-refractivity contribution in [2.75, 3.05) is 0 Å². The molecule has 7 nitrogen and oxygen atoms in total. The first-order valence-corrected chi connectivity index (χ1v) is 10.8. The minimum Gasteiger partial charge on any atom is -0.387 e. The van der Waals surface area contributed by atoms with Gasteiger partial charge in [0.2, 0.25) is 19.8 Å². The topological polar surface area (TPSA) is 86.8 Å². The number of imide groups is 1. The Labute approximate surface area is 208 Å². The number of nitrogens with zero attached hydrogens (tertiary/aromatic N) is 2. The highest BCUT2D eigenvalue weighted by atomic mass is 35.5. The van der Waals surface area contributed by atoms with Crippen LogP contribution in [0.2, 0.25) is 10.8 Å². The van der Waals surface area contributed by atoms with Crippen molar-refractivity contribution < 1.29 is 28.0 Å². The molecule has 2 aliphatic rings. The molecule has 4 amide bonds. The van der Waals surface area contributed by atoms with E-state index in [-0.39, 0.29) is 30.1 Å². The summed E-state index contributed by atoms with van der Waals surface area (Å²) in [5.41, 5.74) is -1.36. The van der Waals surface area contributed by atoms with E-state index in [2.05, 4.69) is 5.32 Å². The van der Waals surface area contributed by atoms with Crippen LogP contribution in [0.3, 0.4) is 0 Å². The molecule has 4 rings (SSSR count). The molecule has 0 saturated carbocycles. The Morgan fingerprint density at radius 2 is 1.86 bits per heavy atom. The SMILES string of the molecule is [B]C1CC([B])(N2Cc3cc(CN([B])C(=O)C(F)(F)c4ccc(Cl)cc4)ccc3C2=O)C(=O)NC1=O. The lowest BCUT2D eigenvalue weighted by Crippen LogP contribution is -2.64. The largest absolute Gasteiger partial charge is 0.387 e. The Balaban J connectivity index is 1.51. The molecule has 6 radical (unpaired) electrons. The van der Waals surface area contributed by atoms with Crippen molar-refractivity contribution in [1.29, 1.82) is 0 Å². The molecule has 1 fully saturated rings. The molecular weight excluding hydrogens is 476 g/mol. The monoisotopic (exact) mass is 491 g/mol. The Morgan fingerprint density at radius 3 is 2.51 bits per heavy atom. The molecule has 172 valence electrons. The number of benzene rings is 2. The molecule has 0 aromatic heterocycles. The lowest BCUT2D eigenvalue weighted by atomic mass is 9.62. The summed E-state index contributed by atoms with van der Waals surface area (Å²) in [6.45, 7) is -0.469. The third kappa shape index (κ3) is 4.35. The average Bonchev–Trinajstić information content (AvgIpc) is 3.14. The van der Waals surface area contributed by atoms with Gasteiger partial charge in [0, 0.05) is 35.1 Å². The van der Waals surface area contributed by atoms with Crippen molar-refractivity contribution >= 4 is 58.9 Å². The number of hydrogen-bond donors (Lipinski definition) is 1. The van der Waals surface area contributed by atoms with Gasteiger partial charge in [0.1, 0.15) is 7.85 Å². The van der Waals surface area contributed by atoms with Gasteiger partial charge in [-0.25, -0.2) is 0 Å². The van der Waals surface area contributed by atoms with Gasteiger partial charge in [-0.15, -0.1) is 0 Å². The van der Waals surface area contributed by atoms with Gasteiger partial charge in [-0.05, 0) is 35.7 Å². The number of nitrogens with one attached hydrogen (secondary N) is 1. The summed E-state index contributed by atoms with van der Waals surface area (Å²) < 4.78 is 29.3. The van der Waals surface area contributed by atoms with Crippen molar-refractivity contribution in [3.63, 3.8) is 0 Å². The molecule has 2 aliphatic heterocycles. The van der Waals surface area contributed by atoms with Crippen LogP contribution in [0.4, 0.5) is 8.78 Å². The number of fused-ring (bicyclic) bond motifs is 1. The third-order valence-electron chi connectivity index (χ3n) is 6.04. The zero-order valence-corrected chi connectivity index (χ0v) is 18.9. The summed E-state index contributed by atoms with van der Waals surface area (Å²) in [7, 11) is 17.6. The lowest BCUT2D eigenvalue weighted by Gasteiger charge is -2.42. The number of hydrogen-bond acceptors (Lipinski definition) is 4. The van der Waals surface area contributed by atoms with Gasteiger partial charge in [-0.3, -0.25) is 24.5 Å². The van der Waals surface area contributed by atoms with Crippen LogP contribution in [0, 0.1) is 0 Å².